The van der Waals surface area contributed by atoms with Crippen molar-refractivity contribution in [1.82, 2.24) is 19.3 Å². The molecular weight excluding hydrogens is 428 g/mol. The summed E-state index contributed by atoms with van der Waals surface area (Å²) in [6.07, 6.45) is 0.528. The van der Waals surface area contributed by atoms with Gasteiger partial charge in [-0.3, -0.25) is 0 Å². The number of pyridine rings is 1. The molecule has 1 unspecified atom stereocenters. The van der Waals surface area contributed by atoms with Gasteiger partial charge in [0.25, 0.3) is 0 Å². The van der Waals surface area contributed by atoms with E-state index in [-0.39, 0.29) is 24.3 Å². The van der Waals surface area contributed by atoms with Crippen LogP contribution in [0.3, 0.4) is 0 Å². The number of ether oxygens (including phenoxy) is 1. The number of rotatable bonds is 5. The predicted octanol–water partition coefficient (Wildman–Crippen LogP) is 2.69. The molecule has 0 aliphatic carbocycles. The minimum Gasteiger partial charge on any atom is -0.441 e. The van der Waals surface area contributed by atoms with Gasteiger partial charge >= 0.3 is 11.8 Å². The Kier molecular flexibility index (Phi) is 6.14. The van der Waals surface area contributed by atoms with Crippen LogP contribution in [-0.4, -0.2) is 31.5 Å². The van der Waals surface area contributed by atoms with Crippen molar-refractivity contribution in [3.05, 3.63) is 51.3 Å². The van der Waals surface area contributed by atoms with Crippen molar-refractivity contribution in [2.24, 2.45) is 11.1 Å². The van der Waals surface area contributed by atoms with E-state index in [1.54, 1.807) is 20.8 Å². The molecule has 0 spiro atoms. The summed E-state index contributed by atoms with van der Waals surface area (Å²) in [7, 11) is 0. The molecule has 1 atom stereocenters. The zero-order chi connectivity index (χ0) is 20.4. The number of hydrogen-bond donors (Lipinski definition) is 1. The summed E-state index contributed by atoms with van der Waals surface area (Å²) in [6, 6.07) is 1.15. The van der Waals surface area contributed by atoms with E-state index in [0.29, 0.717) is 4.47 Å². The summed E-state index contributed by atoms with van der Waals surface area (Å²) < 4.78 is 34.8. The van der Waals surface area contributed by atoms with Crippen LogP contribution in [0.1, 0.15) is 20.8 Å². The number of carbonyl (C=O) groups is 1. The summed E-state index contributed by atoms with van der Waals surface area (Å²) in [6.45, 7) is 4.82. The molecule has 27 heavy (non-hydrogen) atoms. The Morgan fingerprint density at radius 2 is 2.15 bits per heavy atom. The Morgan fingerprint density at radius 3 is 2.67 bits per heavy atom. The van der Waals surface area contributed by atoms with Gasteiger partial charge in [-0.25, -0.2) is 32.6 Å². The number of carbonyl (C=O) groups excluding carboxylic acids is 1. The molecule has 2 rings (SSSR count). The smallest absolute Gasteiger partial charge is 0.405 e. The topological polar surface area (TPSA) is 105 Å². The molecule has 2 aromatic heterocycles. The molecule has 146 valence electrons. The number of hydrogen-bond acceptors (Lipinski definition) is 5. The van der Waals surface area contributed by atoms with Crippen LogP contribution in [0.25, 0.3) is 5.82 Å². The monoisotopic (exact) mass is 445 g/mol. The molecule has 0 fully saturated rings. The third kappa shape index (κ3) is 4.79. The molecular formula is C16H18BrF2N5O3. The third-order valence-electron chi connectivity index (χ3n) is 3.58. The van der Waals surface area contributed by atoms with Crippen molar-refractivity contribution >= 4 is 22.0 Å². The zero-order valence-electron chi connectivity index (χ0n) is 14.8. The normalized spacial score (nSPS) is 13.5. The van der Waals surface area contributed by atoms with Crippen molar-refractivity contribution in [3.8, 4) is 5.82 Å². The highest BCUT2D eigenvalue weighted by Gasteiger charge is 2.32. The van der Waals surface area contributed by atoms with Crippen molar-refractivity contribution in [2.45, 2.75) is 33.4 Å². The van der Waals surface area contributed by atoms with Crippen molar-refractivity contribution in [3.63, 3.8) is 0 Å². The van der Waals surface area contributed by atoms with Gasteiger partial charge in [0.1, 0.15) is 12.4 Å². The van der Waals surface area contributed by atoms with E-state index in [4.69, 9.17) is 10.5 Å². The fraction of sp³-hybridized carbons (Fsp3) is 0.375. The van der Waals surface area contributed by atoms with Crippen LogP contribution in [0.5, 0.6) is 0 Å². The first-order valence-corrected chi connectivity index (χ1v) is 8.55. The number of primary amides is 1. The average molecular weight is 446 g/mol. The summed E-state index contributed by atoms with van der Waals surface area (Å²) in [4.78, 5) is 27.5. The molecule has 0 aliphatic rings. The first-order chi connectivity index (χ1) is 12.5. The summed E-state index contributed by atoms with van der Waals surface area (Å²) in [5, 5.41) is 3.86. The van der Waals surface area contributed by atoms with E-state index >= 15 is 0 Å². The van der Waals surface area contributed by atoms with E-state index < -0.39 is 29.1 Å². The number of amides is 1. The molecule has 11 heteroatoms. The predicted molar refractivity (Wildman–Crippen MR) is 96.4 cm³/mol. The lowest BCUT2D eigenvalue weighted by molar-refractivity contribution is 0.0566. The maximum atomic E-state index is 14.1. The van der Waals surface area contributed by atoms with Crippen molar-refractivity contribution < 1.29 is 18.3 Å². The van der Waals surface area contributed by atoms with Gasteiger partial charge in [0.2, 0.25) is 0 Å². The summed E-state index contributed by atoms with van der Waals surface area (Å²) in [5.74, 6) is -0.988. The summed E-state index contributed by atoms with van der Waals surface area (Å²) >= 11 is 3.08. The van der Waals surface area contributed by atoms with Gasteiger partial charge in [-0.2, -0.15) is 5.10 Å². The number of halogens is 3. The van der Waals surface area contributed by atoms with Gasteiger partial charge in [-0.05, 0) is 22.0 Å². The summed E-state index contributed by atoms with van der Waals surface area (Å²) in [5.41, 5.74) is 3.60. The molecule has 8 nitrogen and oxygen atoms in total. The molecule has 0 radical (unpaired) electrons. The van der Waals surface area contributed by atoms with Crippen molar-refractivity contribution in [1.29, 1.82) is 0 Å². The SMILES string of the molecule is CC(C)(C)C(OC(N)=O)C(=CF)Cn1ncn(-c2ncc(Br)cc2F)c1=O. The lowest BCUT2D eigenvalue weighted by Crippen LogP contribution is -2.38. The molecule has 0 saturated carbocycles. The highest BCUT2D eigenvalue weighted by molar-refractivity contribution is 9.10. The fourth-order valence-corrected chi connectivity index (χ4v) is 2.75. The van der Waals surface area contributed by atoms with Crippen LogP contribution >= 0.6 is 15.9 Å². The number of aromatic nitrogens is 4. The van der Waals surface area contributed by atoms with Crippen LogP contribution in [0.15, 0.2) is 39.8 Å². The van der Waals surface area contributed by atoms with E-state index in [0.717, 1.165) is 21.6 Å². The lowest BCUT2D eigenvalue weighted by Gasteiger charge is -2.31. The van der Waals surface area contributed by atoms with E-state index in [1.165, 1.54) is 6.20 Å². The van der Waals surface area contributed by atoms with Gasteiger partial charge < -0.3 is 10.5 Å². The Bertz CT molecular complexity index is 933. The molecule has 0 bridgehead atoms. The average Bonchev–Trinajstić information content (AvgIpc) is 2.90. The molecule has 2 heterocycles. The van der Waals surface area contributed by atoms with Gasteiger partial charge in [0, 0.05) is 21.7 Å². The number of nitrogens with zero attached hydrogens (tertiary/aromatic N) is 4. The van der Waals surface area contributed by atoms with E-state index in [1.807, 2.05) is 0 Å². The van der Waals surface area contributed by atoms with Gasteiger partial charge in [-0.15, -0.1) is 0 Å². The molecule has 0 aromatic carbocycles. The Hall–Kier alpha value is -2.56. The molecule has 1 amide bonds. The Balaban J connectivity index is 2.38. The fourth-order valence-electron chi connectivity index (χ4n) is 2.45. The van der Waals surface area contributed by atoms with Gasteiger partial charge in [0.05, 0.1) is 12.9 Å². The standard InChI is InChI=1S/C16H18BrF2N5O3/c1-16(2,3)12(27-14(20)25)9(5-18)7-24-15(26)23(8-22-24)13-11(19)4-10(17)6-21-13/h4-6,8,12H,7H2,1-3H3,(H2,20,25). The van der Waals surface area contributed by atoms with Crippen LogP contribution in [0.4, 0.5) is 13.6 Å². The quantitative estimate of drug-likeness (QED) is 0.761. The first kappa shape index (κ1) is 20.7. The lowest BCUT2D eigenvalue weighted by atomic mass is 9.84. The second kappa shape index (κ2) is 7.99. The van der Waals surface area contributed by atoms with Crippen LogP contribution < -0.4 is 11.4 Å². The Morgan fingerprint density at radius 1 is 1.48 bits per heavy atom. The van der Waals surface area contributed by atoms with Gasteiger partial charge in [0.15, 0.2) is 11.6 Å². The van der Waals surface area contributed by atoms with Crippen LogP contribution in [-0.2, 0) is 11.3 Å². The van der Waals surface area contributed by atoms with E-state index in [2.05, 4.69) is 26.0 Å². The first-order valence-electron chi connectivity index (χ1n) is 7.75. The zero-order valence-corrected chi connectivity index (χ0v) is 16.4. The molecule has 0 saturated heterocycles. The Labute approximate surface area is 161 Å². The maximum Gasteiger partial charge on any atom is 0.405 e. The second-order valence-electron chi connectivity index (χ2n) is 6.77. The minimum absolute atomic E-state index is 0.0297. The highest BCUT2D eigenvalue weighted by atomic mass is 79.9. The highest BCUT2D eigenvalue weighted by Crippen LogP contribution is 2.29. The van der Waals surface area contributed by atoms with Gasteiger partial charge in [-0.1, -0.05) is 20.8 Å². The minimum atomic E-state index is -1.08. The van der Waals surface area contributed by atoms with Crippen LogP contribution in [0, 0.1) is 11.2 Å². The number of nitrogens with two attached hydrogens (primary N) is 1. The maximum absolute atomic E-state index is 14.1. The molecule has 2 N–H and O–H groups in total. The largest absolute Gasteiger partial charge is 0.441 e. The van der Waals surface area contributed by atoms with E-state index in [9.17, 15) is 18.4 Å². The van der Waals surface area contributed by atoms with Crippen LogP contribution in [0.2, 0.25) is 0 Å². The molecule has 2 aromatic rings. The second-order valence-corrected chi connectivity index (χ2v) is 7.68. The third-order valence-corrected chi connectivity index (χ3v) is 4.01. The van der Waals surface area contributed by atoms with Crippen molar-refractivity contribution in [2.75, 3.05) is 0 Å². The molecule has 0 aliphatic heterocycles.